The van der Waals surface area contributed by atoms with E-state index in [1.807, 2.05) is 13.2 Å². The molecule has 0 aromatic carbocycles. The van der Waals surface area contributed by atoms with Gasteiger partial charge in [0.1, 0.15) is 11.6 Å². The summed E-state index contributed by atoms with van der Waals surface area (Å²) >= 11 is 0. The molecule has 4 heteroatoms. The number of piperidine rings is 1. The van der Waals surface area contributed by atoms with Crippen LogP contribution >= 0.6 is 0 Å². The van der Waals surface area contributed by atoms with Crippen molar-refractivity contribution >= 4 is 11.6 Å². The van der Waals surface area contributed by atoms with E-state index in [1.165, 1.54) is 38.6 Å². The third kappa shape index (κ3) is 2.28. The van der Waals surface area contributed by atoms with Crippen LogP contribution in [-0.2, 0) is 0 Å². The van der Waals surface area contributed by atoms with E-state index in [-0.39, 0.29) is 0 Å². The Morgan fingerprint density at radius 2 is 2.00 bits per heavy atom. The molecule has 1 aliphatic heterocycles. The van der Waals surface area contributed by atoms with E-state index >= 15 is 0 Å². The number of hydrogen-bond donors (Lipinski definition) is 1. The van der Waals surface area contributed by atoms with Gasteiger partial charge in [-0.05, 0) is 24.7 Å². The Bertz CT molecular complexity index is 407. The molecule has 0 radical (unpaired) electrons. The standard InChI is InChI=1S/C14H22N4/c1-15-13-8-16-9-14(17-13)18-7-6-11-4-2-3-5-12(11)10-18/h8-9,11-12H,2-7,10H2,1H3,(H,15,17). The molecule has 0 spiro atoms. The zero-order chi connectivity index (χ0) is 12.4. The zero-order valence-electron chi connectivity index (χ0n) is 11.1. The summed E-state index contributed by atoms with van der Waals surface area (Å²) in [4.78, 5) is 11.3. The third-order valence-corrected chi connectivity index (χ3v) is 4.49. The first-order chi connectivity index (χ1) is 8.86. The van der Waals surface area contributed by atoms with E-state index in [2.05, 4.69) is 20.2 Å². The van der Waals surface area contributed by atoms with Gasteiger partial charge in [-0.15, -0.1) is 0 Å². The summed E-state index contributed by atoms with van der Waals surface area (Å²) in [6.45, 7) is 2.32. The van der Waals surface area contributed by atoms with Crippen molar-refractivity contribution in [3.05, 3.63) is 12.4 Å². The SMILES string of the molecule is CNc1cncc(N2CCC3CCCCC3C2)n1. The van der Waals surface area contributed by atoms with Crippen LogP contribution in [0.2, 0.25) is 0 Å². The molecule has 1 saturated heterocycles. The summed E-state index contributed by atoms with van der Waals surface area (Å²) < 4.78 is 0. The molecule has 18 heavy (non-hydrogen) atoms. The van der Waals surface area contributed by atoms with Gasteiger partial charge in [-0.1, -0.05) is 19.3 Å². The maximum Gasteiger partial charge on any atom is 0.149 e. The summed E-state index contributed by atoms with van der Waals surface area (Å²) in [6.07, 6.45) is 10.7. The highest BCUT2D eigenvalue weighted by atomic mass is 15.2. The van der Waals surface area contributed by atoms with Crippen LogP contribution in [0.25, 0.3) is 0 Å². The number of fused-ring (bicyclic) bond motifs is 1. The molecular weight excluding hydrogens is 224 g/mol. The van der Waals surface area contributed by atoms with Crippen LogP contribution in [0.1, 0.15) is 32.1 Å². The van der Waals surface area contributed by atoms with Crippen molar-refractivity contribution < 1.29 is 0 Å². The minimum absolute atomic E-state index is 0.860. The van der Waals surface area contributed by atoms with Crippen LogP contribution in [0.5, 0.6) is 0 Å². The largest absolute Gasteiger partial charge is 0.372 e. The number of hydrogen-bond acceptors (Lipinski definition) is 4. The molecule has 1 saturated carbocycles. The topological polar surface area (TPSA) is 41.1 Å². The lowest BCUT2D eigenvalue weighted by molar-refractivity contribution is 0.202. The number of nitrogens with one attached hydrogen (secondary N) is 1. The molecule has 1 N–H and O–H groups in total. The van der Waals surface area contributed by atoms with Crippen LogP contribution in [0, 0.1) is 11.8 Å². The second kappa shape index (κ2) is 5.12. The van der Waals surface area contributed by atoms with Crippen molar-refractivity contribution in [2.75, 3.05) is 30.4 Å². The number of aromatic nitrogens is 2. The van der Waals surface area contributed by atoms with E-state index < -0.39 is 0 Å². The fourth-order valence-corrected chi connectivity index (χ4v) is 3.44. The molecule has 2 atom stereocenters. The average molecular weight is 246 g/mol. The van der Waals surface area contributed by atoms with Gasteiger partial charge in [0.25, 0.3) is 0 Å². The predicted octanol–water partition coefficient (Wildman–Crippen LogP) is 2.53. The fourth-order valence-electron chi connectivity index (χ4n) is 3.44. The molecule has 1 aliphatic carbocycles. The van der Waals surface area contributed by atoms with Crippen LogP contribution in [0.15, 0.2) is 12.4 Å². The van der Waals surface area contributed by atoms with Crippen LogP contribution in [0.4, 0.5) is 11.6 Å². The molecule has 0 amide bonds. The number of anilines is 2. The first-order valence-electron chi connectivity index (χ1n) is 7.11. The van der Waals surface area contributed by atoms with E-state index in [0.29, 0.717) is 0 Å². The first kappa shape index (κ1) is 11.8. The van der Waals surface area contributed by atoms with Gasteiger partial charge in [-0.25, -0.2) is 4.98 Å². The smallest absolute Gasteiger partial charge is 0.149 e. The van der Waals surface area contributed by atoms with Crippen molar-refractivity contribution in [3.8, 4) is 0 Å². The van der Waals surface area contributed by atoms with Crippen molar-refractivity contribution in [3.63, 3.8) is 0 Å². The lowest BCUT2D eigenvalue weighted by Crippen LogP contribution is -2.42. The molecule has 3 rings (SSSR count). The van der Waals surface area contributed by atoms with Crippen molar-refractivity contribution in [2.45, 2.75) is 32.1 Å². The summed E-state index contributed by atoms with van der Waals surface area (Å²) in [7, 11) is 1.89. The number of nitrogens with zero attached hydrogens (tertiary/aromatic N) is 3. The van der Waals surface area contributed by atoms with Gasteiger partial charge in [0.05, 0.1) is 12.4 Å². The highest BCUT2D eigenvalue weighted by Gasteiger charge is 2.31. The lowest BCUT2D eigenvalue weighted by atomic mass is 9.75. The Kier molecular flexibility index (Phi) is 3.35. The quantitative estimate of drug-likeness (QED) is 0.870. The van der Waals surface area contributed by atoms with E-state index in [9.17, 15) is 0 Å². The molecule has 1 aromatic heterocycles. The van der Waals surface area contributed by atoms with Crippen LogP contribution in [-0.4, -0.2) is 30.1 Å². The van der Waals surface area contributed by atoms with E-state index in [4.69, 9.17) is 0 Å². The van der Waals surface area contributed by atoms with Crippen molar-refractivity contribution in [1.29, 1.82) is 0 Å². The number of rotatable bonds is 2. The third-order valence-electron chi connectivity index (χ3n) is 4.49. The predicted molar refractivity (Wildman–Crippen MR) is 73.9 cm³/mol. The van der Waals surface area contributed by atoms with Gasteiger partial charge >= 0.3 is 0 Å². The van der Waals surface area contributed by atoms with Crippen LogP contribution < -0.4 is 10.2 Å². The molecule has 2 fully saturated rings. The zero-order valence-corrected chi connectivity index (χ0v) is 11.1. The van der Waals surface area contributed by atoms with Gasteiger partial charge in [-0.2, -0.15) is 0 Å². The van der Waals surface area contributed by atoms with Gasteiger partial charge in [0.2, 0.25) is 0 Å². The Hall–Kier alpha value is -1.32. The van der Waals surface area contributed by atoms with Crippen LogP contribution in [0.3, 0.4) is 0 Å². The highest BCUT2D eigenvalue weighted by Crippen LogP contribution is 2.37. The Balaban J connectivity index is 1.72. The molecule has 4 nitrogen and oxygen atoms in total. The van der Waals surface area contributed by atoms with Gasteiger partial charge < -0.3 is 10.2 Å². The summed E-state index contributed by atoms with van der Waals surface area (Å²) in [5.74, 6) is 3.74. The molecule has 0 bridgehead atoms. The molecule has 2 heterocycles. The molecule has 1 aromatic rings. The van der Waals surface area contributed by atoms with Gasteiger partial charge in [0.15, 0.2) is 0 Å². The van der Waals surface area contributed by atoms with Crippen molar-refractivity contribution in [2.24, 2.45) is 11.8 Å². The van der Waals surface area contributed by atoms with Gasteiger partial charge in [0, 0.05) is 20.1 Å². The Morgan fingerprint density at radius 1 is 1.17 bits per heavy atom. The monoisotopic (exact) mass is 246 g/mol. The Labute approximate surface area is 109 Å². The average Bonchev–Trinajstić information content (AvgIpc) is 2.47. The fraction of sp³-hybridized carbons (Fsp3) is 0.714. The summed E-state index contributed by atoms with van der Waals surface area (Å²) in [5, 5.41) is 3.06. The molecular formula is C14H22N4. The Morgan fingerprint density at radius 3 is 2.83 bits per heavy atom. The van der Waals surface area contributed by atoms with E-state index in [1.54, 1.807) is 6.20 Å². The maximum absolute atomic E-state index is 4.60. The molecule has 2 aliphatic rings. The van der Waals surface area contributed by atoms with Gasteiger partial charge in [-0.3, -0.25) is 4.98 Å². The minimum Gasteiger partial charge on any atom is -0.372 e. The van der Waals surface area contributed by atoms with E-state index in [0.717, 1.165) is 30.0 Å². The molecule has 98 valence electrons. The second-order valence-corrected chi connectivity index (χ2v) is 5.55. The minimum atomic E-state index is 0.860. The summed E-state index contributed by atoms with van der Waals surface area (Å²) in [5.41, 5.74) is 0. The van der Waals surface area contributed by atoms with Crippen molar-refractivity contribution in [1.82, 2.24) is 9.97 Å². The summed E-state index contributed by atoms with van der Waals surface area (Å²) in [6, 6.07) is 0. The second-order valence-electron chi connectivity index (χ2n) is 5.55. The maximum atomic E-state index is 4.60. The normalized spacial score (nSPS) is 27.7. The first-order valence-corrected chi connectivity index (χ1v) is 7.11. The molecule has 2 unspecified atom stereocenters. The lowest BCUT2D eigenvalue weighted by Gasteiger charge is -2.41. The highest BCUT2D eigenvalue weighted by molar-refractivity contribution is 5.43.